The highest BCUT2D eigenvalue weighted by Gasteiger charge is 2.31. The fraction of sp³-hybridized carbons (Fsp3) is 0.643. The van der Waals surface area contributed by atoms with Crippen LogP contribution < -0.4 is 4.74 Å². The summed E-state index contributed by atoms with van der Waals surface area (Å²) in [4.78, 5) is 22.1. The number of carbonyl (C=O) groups excluding carboxylic acids is 1. The Hall–Kier alpha value is -1.40. The maximum Gasteiger partial charge on any atom is 0.316 e. The van der Waals surface area contributed by atoms with Gasteiger partial charge in [0.15, 0.2) is 0 Å². The van der Waals surface area contributed by atoms with Crippen LogP contribution in [-0.4, -0.2) is 52.7 Å². The second-order valence-electron chi connectivity index (χ2n) is 5.33. The van der Waals surface area contributed by atoms with E-state index in [9.17, 15) is 4.79 Å². The van der Waals surface area contributed by atoms with Gasteiger partial charge < -0.3 is 14.4 Å². The van der Waals surface area contributed by atoms with Crippen molar-refractivity contribution in [3.8, 4) is 6.01 Å². The Labute approximate surface area is 128 Å². The minimum absolute atomic E-state index is 0.0414. The number of hydrogen-bond acceptors (Lipinski definition) is 5. The van der Waals surface area contributed by atoms with Crippen LogP contribution in [0.5, 0.6) is 6.01 Å². The molecular formula is C14H18ClN3O3. The number of ether oxygens (including phenoxy) is 2. The number of aromatic nitrogens is 2. The number of carbonyl (C=O) groups is 1. The molecule has 114 valence electrons. The summed E-state index contributed by atoms with van der Waals surface area (Å²) in [6, 6.07) is 0.336. The second-order valence-corrected chi connectivity index (χ2v) is 5.76. The van der Waals surface area contributed by atoms with Gasteiger partial charge in [-0.25, -0.2) is 9.97 Å². The van der Waals surface area contributed by atoms with Gasteiger partial charge in [0.25, 0.3) is 5.91 Å². The van der Waals surface area contributed by atoms with Gasteiger partial charge in [-0.3, -0.25) is 4.79 Å². The molecule has 2 fully saturated rings. The molecule has 2 aliphatic heterocycles. The van der Waals surface area contributed by atoms with E-state index in [1.54, 1.807) is 0 Å². The molecule has 3 rings (SSSR count). The largest absolute Gasteiger partial charge is 0.460 e. The molecule has 1 amide bonds. The first-order valence-corrected chi connectivity index (χ1v) is 7.65. The minimum Gasteiger partial charge on any atom is -0.460 e. The van der Waals surface area contributed by atoms with Gasteiger partial charge in [-0.1, -0.05) is 11.6 Å². The van der Waals surface area contributed by atoms with Crippen LogP contribution in [0, 0.1) is 0 Å². The molecule has 0 spiro atoms. The van der Waals surface area contributed by atoms with Crippen molar-refractivity contribution >= 4 is 17.5 Å². The first-order chi connectivity index (χ1) is 10.2. The van der Waals surface area contributed by atoms with Gasteiger partial charge in [0.1, 0.15) is 12.2 Å². The molecule has 0 aliphatic carbocycles. The van der Waals surface area contributed by atoms with E-state index in [-0.39, 0.29) is 18.1 Å². The van der Waals surface area contributed by atoms with Crippen LogP contribution >= 0.6 is 11.6 Å². The summed E-state index contributed by atoms with van der Waals surface area (Å²) in [5.74, 6) is 0.119. The van der Waals surface area contributed by atoms with E-state index in [2.05, 4.69) is 9.97 Å². The number of nitrogens with zero attached hydrogens (tertiary/aromatic N) is 3. The zero-order valence-electron chi connectivity index (χ0n) is 11.7. The predicted octanol–water partition coefficient (Wildman–Crippen LogP) is 1.68. The molecule has 2 saturated heterocycles. The third-order valence-corrected chi connectivity index (χ3v) is 4.02. The average Bonchev–Trinajstić information content (AvgIpc) is 3.04. The van der Waals surface area contributed by atoms with E-state index in [1.165, 1.54) is 12.4 Å². The normalized spacial score (nSPS) is 23.3. The second kappa shape index (κ2) is 6.58. The van der Waals surface area contributed by atoms with Crippen LogP contribution in [0.3, 0.4) is 0 Å². The molecule has 2 aliphatic rings. The first-order valence-electron chi connectivity index (χ1n) is 7.27. The maximum atomic E-state index is 12.2. The van der Waals surface area contributed by atoms with Crippen molar-refractivity contribution in [2.24, 2.45) is 0 Å². The minimum atomic E-state index is -0.234. The van der Waals surface area contributed by atoms with Crippen molar-refractivity contribution in [1.29, 1.82) is 0 Å². The van der Waals surface area contributed by atoms with E-state index in [1.807, 2.05) is 4.90 Å². The summed E-state index contributed by atoms with van der Waals surface area (Å²) in [6.45, 7) is 2.08. The van der Waals surface area contributed by atoms with Gasteiger partial charge in [-0.2, -0.15) is 0 Å². The van der Waals surface area contributed by atoms with E-state index in [0.29, 0.717) is 30.7 Å². The molecule has 6 nitrogen and oxygen atoms in total. The van der Waals surface area contributed by atoms with Crippen LogP contribution in [0.1, 0.15) is 25.7 Å². The predicted molar refractivity (Wildman–Crippen MR) is 76.2 cm³/mol. The van der Waals surface area contributed by atoms with Crippen molar-refractivity contribution in [3.63, 3.8) is 0 Å². The summed E-state index contributed by atoms with van der Waals surface area (Å²) in [5.41, 5.74) is 0. The molecule has 0 aromatic carbocycles. The molecule has 3 heterocycles. The van der Waals surface area contributed by atoms with E-state index in [4.69, 9.17) is 21.1 Å². The molecule has 0 radical (unpaired) electrons. The zero-order chi connectivity index (χ0) is 14.7. The van der Waals surface area contributed by atoms with Gasteiger partial charge in [0, 0.05) is 32.5 Å². The molecule has 0 saturated carbocycles. The van der Waals surface area contributed by atoms with E-state index in [0.717, 1.165) is 25.7 Å². The van der Waals surface area contributed by atoms with Gasteiger partial charge in [0.2, 0.25) is 0 Å². The topological polar surface area (TPSA) is 64.5 Å². The summed E-state index contributed by atoms with van der Waals surface area (Å²) in [5, 5.41) is 0.485. The molecule has 1 atom stereocenters. The number of halogens is 1. The summed E-state index contributed by atoms with van der Waals surface area (Å²) >= 11 is 5.73. The van der Waals surface area contributed by atoms with E-state index >= 15 is 0 Å². The molecule has 7 heteroatoms. The highest BCUT2D eigenvalue weighted by atomic mass is 35.5. The lowest BCUT2D eigenvalue weighted by Gasteiger charge is -2.32. The molecule has 1 aromatic rings. The molecule has 21 heavy (non-hydrogen) atoms. The van der Waals surface area contributed by atoms with Crippen molar-refractivity contribution in [2.75, 3.05) is 19.7 Å². The van der Waals surface area contributed by atoms with Crippen LogP contribution in [0.4, 0.5) is 0 Å². The Morgan fingerprint density at radius 3 is 2.62 bits per heavy atom. The highest BCUT2D eigenvalue weighted by molar-refractivity contribution is 6.30. The maximum absolute atomic E-state index is 12.2. The Morgan fingerprint density at radius 2 is 2.00 bits per heavy atom. The monoisotopic (exact) mass is 311 g/mol. The number of rotatable bonds is 3. The van der Waals surface area contributed by atoms with Crippen LogP contribution in [0.2, 0.25) is 5.02 Å². The Kier molecular flexibility index (Phi) is 4.55. The fourth-order valence-corrected chi connectivity index (χ4v) is 2.78. The Morgan fingerprint density at radius 1 is 1.29 bits per heavy atom. The lowest BCUT2D eigenvalue weighted by Crippen LogP contribution is -2.46. The van der Waals surface area contributed by atoms with Gasteiger partial charge >= 0.3 is 6.01 Å². The van der Waals surface area contributed by atoms with Crippen molar-refractivity contribution in [2.45, 2.75) is 37.9 Å². The standard InChI is InChI=1S/C14H18ClN3O3/c15-10-8-16-14(17-9-10)21-11-3-5-18(6-4-11)13(19)12-2-1-7-20-12/h8-9,11-12H,1-7H2. The lowest BCUT2D eigenvalue weighted by molar-refractivity contribution is -0.142. The third-order valence-electron chi connectivity index (χ3n) is 3.83. The number of likely N-dealkylation sites (tertiary alicyclic amines) is 1. The van der Waals surface area contributed by atoms with Crippen molar-refractivity contribution in [3.05, 3.63) is 17.4 Å². The summed E-state index contributed by atoms with van der Waals surface area (Å²) in [7, 11) is 0. The van der Waals surface area contributed by atoms with E-state index < -0.39 is 0 Å². The number of amides is 1. The van der Waals surface area contributed by atoms with Crippen molar-refractivity contribution < 1.29 is 14.3 Å². The number of piperidine rings is 1. The third kappa shape index (κ3) is 3.63. The molecule has 1 unspecified atom stereocenters. The average molecular weight is 312 g/mol. The number of hydrogen-bond donors (Lipinski definition) is 0. The first kappa shape index (κ1) is 14.5. The molecular weight excluding hydrogens is 294 g/mol. The van der Waals surface area contributed by atoms with Gasteiger partial charge in [-0.05, 0) is 12.8 Å². The zero-order valence-corrected chi connectivity index (χ0v) is 12.5. The van der Waals surface area contributed by atoms with Crippen LogP contribution in [-0.2, 0) is 9.53 Å². The highest BCUT2D eigenvalue weighted by Crippen LogP contribution is 2.20. The Balaban J connectivity index is 1.48. The van der Waals surface area contributed by atoms with Gasteiger partial charge in [0.05, 0.1) is 17.4 Å². The SMILES string of the molecule is O=C(C1CCCO1)N1CCC(Oc2ncc(Cl)cn2)CC1. The van der Waals surface area contributed by atoms with Crippen LogP contribution in [0.25, 0.3) is 0 Å². The molecule has 1 aromatic heterocycles. The molecule has 0 N–H and O–H groups in total. The quantitative estimate of drug-likeness (QED) is 0.850. The van der Waals surface area contributed by atoms with Crippen LogP contribution in [0.15, 0.2) is 12.4 Å². The summed E-state index contributed by atoms with van der Waals surface area (Å²) < 4.78 is 11.2. The summed E-state index contributed by atoms with van der Waals surface area (Å²) in [6.07, 6.45) is 6.22. The lowest BCUT2D eigenvalue weighted by atomic mass is 10.1. The van der Waals surface area contributed by atoms with Gasteiger partial charge in [-0.15, -0.1) is 0 Å². The fourth-order valence-electron chi connectivity index (χ4n) is 2.68. The molecule has 0 bridgehead atoms. The Bertz CT molecular complexity index is 483. The van der Waals surface area contributed by atoms with Crippen molar-refractivity contribution in [1.82, 2.24) is 14.9 Å². The smallest absolute Gasteiger partial charge is 0.316 e.